The van der Waals surface area contributed by atoms with Crippen molar-refractivity contribution in [2.45, 2.75) is 12.3 Å². The molecule has 0 aromatic heterocycles. The highest BCUT2D eigenvalue weighted by atomic mass is 79.9. The number of hydrogen-bond donors (Lipinski definition) is 1. The minimum atomic E-state index is -0.00405. The molecule has 0 atom stereocenters. The largest absolute Gasteiger partial charge is 0.351 e. The van der Waals surface area contributed by atoms with Gasteiger partial charge in [-0.2, -0.15) is 0 Å². The van der Waals surface area contributed by atoms with Crippen LogP contribution in [0.4, 0.5) is 0 Å². The Labute approximate surface area is 111 Å². The lowest BCUT2D eigenvalue weighted by Crippen LogP contribution is -2.32. The summed E-state index contributed by atoms with van der Waals surface area (Å²) in [6, 6.07) is 7.63. The van der Waals surface area contributed by atoms with Crippen LogP contribution in [0.5, 0.6) is 0 Å². The van der Waals surface area contributed by atoms with Crippen LogP contribution in [-0.2, 0) is 5.33 Å². The lowest BCUT2D eigenvalue weighted by Gasteiger charge is -2.14. The van der Waals surface area contributed by atoms with Crippen molar-refractivity contribution < 1.29 is 4.79 Å². The summed E-state index contributed by atoms with van der Waals surface area (Å²) in [7, 11) is 2.04. The Hall–Kier alpha value is -0.870. The number of carbonyl (C=O) groups excluding carboxylic acids is 1. The number of alkyl halides is 1. The molecule has 0 fully saturated rings. The first kappa shape index (κ1) is 14.2. The van der Waals surface area contributed by atoms with Crippen LogP contribution in [-0.4, -0.2) is 37.5 Å². The third-order valence-electron chi connectivity index (χ3n) is 2.69. The minimum Gasteiger partial charge on any atom is -0.351 e. The zero-order valence-electron chi connectivity index (χ0n) is 10.4. The SMILES string of the molecule is CCN(C)CCNC(=O)c1ccc(CBr)cc1. The van der Waals surface area contributed by atoms with Crippen LogP contribution in [0.25, 0.3) is 0 Å². The Bertz CT molecular complexity index is 351. The highest BCUT2D eigenvalue weighted by molar-refractivity contribution is 9.08. The lowest BCUT2D eigenvalue weighted by molar-refractivity contribution is 0.0950. The van der Waals surface area contributed by atoms with Crippen molar-refractivity contribution in [2.75, 3.05) is 26.7 Å². The van der Waals surface area contributed by atoms with E-state index < -0.39 is 0 Å². The lowest BCUT2D eigenvalue weighted by atomic mass is 10.1. The third kappa shape index (κ3) is 4.88. The molecular formula is C13H19BrN2O. The molecule has 0 heterocycles. The number of nitrogens with one attached hydrogen (secondary N) is 1. The van der Waals surface area contributed by atoms with Crippen molar-refractivity contribution in [1.82, 2.24) is 10.2 Å². The second kappa shape index (κ2) is 7.45. The van der Waals surface area contributed by atoms with Crippen LogP contribution in [0.2, 0.25) is 0 Å². The first-order valence-corrected chi connectivity index (χ1v) is 6.91. The summed E-state index contributed by atoms with van der Waals surface area (Å²) < 4.78 is 0. The summed E-state index contributed by atoms with van der Waals surface area (Å²) >= 11 is 3.38. The molecule has 0 aliphatic carbocycles. The molecular weight excluding hydrogens is 280 g/mol. The summed E-state index contributed by atoms with van der Waals surface area (Å²) in [4.78, 5) is 13.9. The maximum atomic E-state index is 11.8. The standard InChI is InChI=1S/C13H19BrN2O/c1-3-16(2)9-8-15-13(17)12-6-4-11(10-14)5-7-12/h4-7H,3,8-10H2,1-2H3,(H,15,17). The average Bonchev–Trinajstić information content (AvgIpc) is 2.38. The molecule has 0 aliphatic rings. The molecule has 0 aliphatic heterocycles. The molecule has 94 valence electrons. The van der Waals surface area contributed by atoms with Crippen molar-refractivity contribution in [3.8, 4) is 0 Å². The van der Waals surface area contributed by atoms with Gasteiger partial charge in [0.15, 0.2) is 0 Å². The number of amides is 1. The smallest absolute Gasteiger partial charge is 0.251 e. The maximum Gasteiger partial charge on any atom is 0.251 e. The van der Waals surface area contributed by atoms with Crippen LogP contribution in [0.1, 0.15) is 22.8 Å². The molecule has 1 aromatic rings. The van der Waals surface area contributed by atoms with Gasteiger partial charge in [-0.1, -0.05) is 35.0 Å². The van der Waals surface area contributed by atoms with Crippen LogP contribution < -0.4 is 5.32 Å². The Morgan fingerprint density at radius 3 is 2.53 bits per heavy atom. The second-order valence-electron chi connectivity index (χ2n) is 3.98. The van der Waals surface area contributed by atoms with Crippen LogP contribution in [0, 0.1) is 0 Å². The molecule has 0 saturated carbocycles. The summed E-state index contributed by atoms with van der Waals surface area (Å²) in [5.74, 6) is -0.00405. The van der Waals surface area contributed by atoms with E-state index in [1.54, 1.807) is 0 Å². The van der Waals surface area contributed by atoms with Gasteiger partial charge in [-0.15, -0.1) is 0 Å². The first-order valence-electron chi connectivity index (χ1n) is 5.79. The van der Waals surface area contributed by atoms with E-state index in [9.17, 15) is 4.79 Å². The number of likely N-dealkylation sites (N-methyl/N-ethyl adjacent to an activating group) is 1. The number of carbonyl (C=O) groups is 1. The minimum absolute atomic E-state index is 0.00405. The molecule has 17 heavy (non-hydrogen) atoms. The number of halogens is 1. The molecule has 0 bridgehead atoms. The fraction of sp³-hybridized carbons (Fsp3) is 0.462. The Morgan fingerprint density at radius 2 is 2.00 bits per heavy atom. The summed E-state index contributed by atoms with van der Waals surface area (Å²) in [6.07, 6.45) is 0. The fourth-order valence-electron chi connectivity index (χ4n) is 1.37. The van der Waals surface area contributed by atoms with E-state index in [-0.39, 0.29) is 5.91 Å². The second-order valence-corrected chi connectivity index (χ2v) is 4.54. The van der Waals surface area contributed by atoms with Crippen LogP contribution >= 0.6 is 15.9 Å². The quantitative estimate of drug-likeness (QED) is 0.817. The molecule has 4 heteroatoms. The van der Waals surface area contributed by atoms with Crippen molar-refractivity contribution in [3.05, 3.63) is 35.4 Å². The predicted molar refractivity (Wildman–Crippen MR) is 74.6 cm³/mol. The Balaban J connectivity index is 2.41. The van der Waals surface area contributed by atoms with E-state index in [1.165, 1.54) is 5.56 Å². The predicted octanol–water partition coefficient (Wildman–Crippen LogP) is 2.26. The molecule has 3 nitrogen and oxygen atoms in total. The molecule has 1 N–H and O–H groups in total. The topological polar surface area (TPSA) is 32.3 Å². The summed E-state index contributed by atoms with van der Waals surface area (Å²) in [6.45, 7) is 4.65. The summed E-state index contributed by atoms with van der Waals surface area (Å²) in [5, 5.41) is 3.72. The van der Waals surface area contributed by atoms with Crippen molar-refractivity contribution in [3.63, 3.8) is 0 Å². The highest BCUT2D eigenvalue weighted by Gasteiger charge is 2.04. The van der Waals surface area contributed by atoms with Crippen molar-refractivity contribution in [1.29, 1.82) is 0 Å². The zero-order chi connectivity index (χ0) is 12.7. The van der Waals surface area contributed by atoms with E-state index in [4.69, 9.17) is 0 Å². The Morgan fingerprint density at radius 1 is 1.35 bits per heavy atom. The van der Waals surface area contributed by atoms with Gasteiger partial charge < -0.3 is 10.2 Å². The summed E-state index contributed by atoms with van der Waals surface area (Å²) in [5.41, 5.74) is 1.89. The maximum absolute atomic E-state index is 11.8. The van der Waals surface area contributed by atoms with E-state index in [1.807, 2.05) is 31.3 Å². The molecule has 0 unspecified atom stereocenters. The molecule has 0 saturated heterocycles. The van der Waals surface area contributed by atoms with E-state index >= 15 is 0 Å². The van der Waals surface area contributed by atoms with E-state index in [0.717, 1.165) is 18.4 Å². The molecule has 1 aromatic carbocycles. The number of benzene rings is 1. The van der Waals surface area contributed by atoms with Gasteiger partial charge in [0, 0.05) is 24.0 Å². The van der Waals surface area contributed by atoms with Gasteiger partial charge in [0.2, 0.25) is 0 Å². The zero-order valence-corrected chi connectivity index (χ0v) is 12.0. The van der Waals surface area contributed by atoms with Gasteiger partial charge in [0.25, 0.3) is 5.91 Å². The van der Waals surface area contributed by atoms with Gasteiger partial charge in [-0.25, -0.2) is 0 Å². The van der Waals surface area contributed by atoms with Gasteiger partial charge in [-0.3, -0.25) is 4.79 Å². The van der Waals surface area contributed by atoms with Gasteiger partial charge in [0.05, 0.1) is 0 Å². The molecule has 0 spiro atoms. The Kier molecular flexibility index (Phi) is 6.22. The van der Waals surface area contributed by atoms with Crippen molar-refractivity contribution in [2.24, 2.45) is 0 Å². The average molecular weight is 299 g/mol. The highest BCUT2D eigenvalue weighted by Crippen LogP contribution is 2.07. The van der Waals surface area contributed by atoms with Gasteiger partial charge >= 0.3 is 0 Å². The van der Waals surface area contributed by atoms with Crippen molar-refractivity contribution >= 4 is 21.8 Å². The first-order chi connectivity index (χ1) is 8.17. The monoisotopic (exact) mass is 298 g/mol. The van der Waals surface area contributed by atoms with E-state index in [0.29, 0.717) is 12.1 Å². The fourth-order valence-corrected chi connectivity index (χ4v) is 1.74. The molecule has 1 rings (SSSR count). The number of rotatable bonds is 6. The van der Waals surface area contributed by atoms with Gasteiger partial charge in [-0.05, 0) is 31.3 Å². The van der Waals surface area contributed by atoms with Gasteiger partial charge in [0.1, 0.15) is 0 Å². The molecule has 0 radical (unpaired) electrons. The molecule has 1 amide bonds. The normalized spacial score (nSPS) is 10.6. The van der Waals surface area contributed by atoms with Crippen LogP contribution in [0.3, 0.4) is 0 Å². The third-order valence-corrected chi connectivity index (χ3v) is 3.34. The number of hydrogen-bond acceptors (Lipinski definition) is 2. The number of nitrogens with zero attached hydrogens (tertiary/aromatic N) is 1. The van der Waals surface area contributed by atoms with Crippen LogP contribution in [0.15, 0.2) is 24.3 Å². The van der Waals surface area contributed by atoms with E-state index in [2.05, 4.69) is 33.1 Å².